The van der Waals surface area contributed by atoms with Crippen LogP contribution in [0.15, 0.2) is 24.3 Å². The lowest BCUT2D eigenvalue weighted by molar-refractivity contribution is -0.135. The van der Waals surface area contributed by atoms with Gasteiger partial charge in [-0.15, -0.1) is 0 Å². The Morgan fingerprint density at radius 2 is 1.96 bits per heavy atom. The molecule has 0 spiro atoms. The first-order chi connectivity index (χ1) is 12.0. The zero-order valence-electron chi connectivity index (χ0n) is 14.3. The summed E-state index contributed by atoms with van der Waals surface area (Å²) < 4.78 is 0. The minimum atomic E-state index is -0.893. The number of para-hydroxylation sites is 2. The van der Waals surface area contributed by atoms with Gasteiger partial charge in [0.25, 0.3) is 5.91 Å². The molecule has 0 bridgehead atoms. The smallest absolute Gasteiger partial charge is 0.325 e. The van der Waals surface area contributed by atoms with Crippen LogP contribution in [0.5, 0.6) is 0 Å². The molecule has 1 aromatic heterocycles. The number of hydrogen-bond donors (Lipinski definition) is 3. The molecule has 25 heavy (non-hydrogen) atoms. The van der Waals surface area contributed by atoms with Crippen molar-refractivity contribution in [1.29, 1.82) is 0 Å². The molecule has 0 atom stereocenters. The first-order valence-electron chi connectivity index (χ1n) is 8.33. The van der Waals surface area contributed by atoms with Gasteiger partial charge in [0.05, 0.1) is 17.6 Å². The summed E-state index contributed by atoms with van der Waals surface area (Å²) >= 11 is 0. The third kappa shape index (κ3) is 3.07. The van der Waals surface area contributed by atoms with Crippen molar-refractivity contribution in [1.82, 2.24) is 25.5 Å². The molecule has 0 saturated carbocycles. The Morgan fingerprint density at radius 3 is 2.60 bits per heavy atom. The zero-order valence-corrected chi connectivity index (χ0v) is 14.3. The van der Waals surface area contributed by atoms with E-state index in [1.807, 2.05) is 38.1 Å². The quantitative estimate of drug-likeness (QED) is 0.687. The number of amides is 4. The largest absolute Gasteiger partial charge is 0.347 e. The maximum Gasteiger partial charge on any atom is 0.325 e. The number of carbonyl (C=O) groups is 3. The number of carbonyl (C=O) groups excluding carboxylic acids is 3. The second-order valence-electron chi connectivity index (χ2n) is 6.09. The van der Waals surface area contributed by atoms with Crippen molar-refractivity contribution in [3.05, 3.63) is 30.1 Å². The molecule has 0 radical (unpaired) electrons. The van der Waals surface area contributed by atoms with Crippen LogP contribution in [0.3, 0.4) is 0 Å². The van der Waals surface area contributed by atoms with Crippen molar-refractivity contribution in [2.24, 2.45) is 0 Å². The first kappa shape index (κ1) is 16.9. The summed E-state index contributed by atoms with van der Waals surface area (Å²) in [6, 6.07) is 7.04. The van der Waals surface area contributed by atoms with E-state index < -0.39 is 17.5 Å². The van der Waals surface area contributed by atoms with Crippen LogP contribution in [0.25, 0.3) is 11.0 Å². The van der Waals surface area contributed by atoms with Crippen molar-refractivity contribution < 1.29 is 14.4 Å². The standard InChI is InChI=1S/C17H21N5O3/c1-3-17(4-2)15(24)22(16(25)21-17)10-14(23)18-9-13-19-11-7-5-6-8-12(11)20-13/h5-8H,3-4,9-10H2,1-2H3,(H,18,23)(H,19,20)(H,21,25). The van der Waals surface area contributed by atoms with Gasteiger partial charge in [-0.25, -0.2) is 9.78 Å². The fourth-order valence-corrected chi connectivity index (χ4v) is 3.02. The molecule has 8 heteroatoms. The van der Waals surface area contributed by atoms with Gasteiger partial charge >= 0.3 is 6.03 Å². The molecule has 3 N–H and O–H groups in total. The van der Waals surface area contributed by atoms with Crippen molar-refractivity contribution in [2.75, 3.05) is 6.54 Å². The summed E-state index contributed by atoms with van der Waals surface area (Å²) in [7, 11) is 0. The second kappa shape index (κ2) is 6.54. The van der Waals surface area contributed by atoms with Crippen LogP contribution in [0, 0.1) is 0 Å². The van der Waals surface area contributed by atoms with E-state index in [1.54, 1.807) is 0 Å². The molecule has 1 saturated heterocycles. The Kier molecular flexibility index (Phi) is 4.43. The Hall–Kier alpha value is -2.90. The van der Waals surface area contributed by atoms with Crippen molar-refractivity contribution in [3.63, 3.8) is 0 Å². The molecule has 4 amide bonds. The molecular formula is C17H21N5O3. The average molecular weight is 343 g/mol. The molecule has 132 valence electrons. The Balaban J connectivity index is 1.61. The van der Waals surface area contributed by atoms with Gasteiger partial charge in [-0.3, -0.25) is 14.5 Å². The maximum absolute atomic E-state index is 12.5. The van der Waals surface area contributed by atoms with Crippen LogP contribution in [0.2, 0.25) is 0 Å². The minimum Gasteiger partial charge on any atom is -0.347 e. The number of nitrogens with one attached hydrogen (secondary N) is 3. The van der Waals surface area contributed by atoms with Crippen LogP contribution < -0.4 is 10.6 Å². The number of urea groups is 1. The molecule has 8 nitrogen and oxygen atoms in total. The third-order valence-electron chi connectivity index (χ3n) is 4.65. The summed E-state index contributed by atoms with van der Waals surface area (Å²) in [5.74, 6) is -0.142. The monoisotopic (exact) mass is 343 g/mol. The molecule has 2 aromatic rings. The topological polar surface area (TPSA) is 107 Å². The van der Waals surface area contributed by atoms with E-state index in [9.17, 15) is 14.4 Å². The number of H-pyrrole nitrogens is 1. The van der Waals surface area contributed by atoms with Gasteiger partial charge in [-0.05, 0) is 25.0 Å². The Labute approximate surface area is 145 Å². The predicted octanol–water partition coefficient (Wildman–Crippen LogP) is 1.29. The van der Waals surface area contributed by atoms with Crippen molar-refractivity contribution >= 4 is 28.9 Å². The van der Waals surface area contributed by atoms with E-state index in [1.165, 1.54) is 0 Å². The molecule has 1 aliphatic rings. The number of rotatable bonds is 6. The predicted molar refractivity (Wildman–Crippen MR) is 91.5 cm³/mol. The summed E-state index contributed by atoms with van der Waals surface area (Å²) in [4.78, 5) is 45.1. The molecular weight excluding hydrogens is 322 g/mol. The number of hydrogen-bond acceptors (Lipinski definition) is 4. The normalized spacial score (nSPS) is 16.3. The number of aromatic amines is 1. The SMILES string of the molecule is CCC1(CC)NC(=O)N(CC(=O)NCc2nc3ccccc3[nH]2)C1=O. The number of imidazole rings is 1. The highest BCUT2D eigenvalue weighted by atomic mass is 16.2. The third-order valence-corrected chi connectivity index (χ3v) is 4.65. The molecule has 0 unspecified atom stereocenters. The summed E-state index contributed by atoms with van der Waals surface area (Å²) in [5, 5.41) is 5.39. The number of nitrogens with zero attached hydrogens (tertiary/aromatic N) is 2. The highest BCUT2D eigenvalue weighted by molar-refractivity contribution is 6.08. The summed E-state index contributed by atoms with van der Waals surface area (Å²) in [6.07, 6.45) is 0.982. The van der Waals surface area contributed by atoms with Crippen LogP contribution in [0.1, 0.15) is 32.5 Å². The summed E-state index contributed by atoms with van der Waals surface area (Å²) in [6.45, 7) is 3.58. The van der Waals surface area contributed by atoms with Crippen molar-refractivity contribution in [2.45, 2.75) is 38.8 Å². The lowest BCUT2D eigenvalue weighted by atomic mass is 9.93. The number of aromatic nitrogens is 2. The fraction of sp³-hybridized carbons (Fsp3) is 0.412. The number of fused-ring (bicyclic) bond motifs is 1. The molecule has 1 aliphatic heterocycles. The molecule has 2 heterocycles. The van der Waals surface area contributed by atoms with Crippen LogP contribution in [-0.2, 0) is 16.1 Å². The second-order valence-corrected chi connectivity index (χ2v) is 6.09. The van der Waals surface area contributed by atoms with Crippen molar-refractivity contribution in [3.8, 4) is 0 Å². The lowest BCUT2D eigenvalue weighted by Gasteiger charge is -2.22. The van der Waals surface area contributed by atoms with Gasteiger partial charge in [0.15, 0.2) is 0 Å². The number of imide groups is 1. The first-order valence-corrected chi connectivity index (χ1v) is 8.33. The molecule has 0 aliphatic carbocycles. The van der Waals surface area contributed by atoms with E-state index in [0.717, 1.165) is 15.9 Å². The lowest BCUT2D eigenvalue weighted by Crippen LogP contribution is -2.46. The summed E-state index contributed by atoms with van der Waals surface area (Å²) in [5.41, 5.74) is 0.809. The van der Waals surface area contributed by atoms with E-state index in [4.69, 9.17) is 0 Å². The Morgan fingerprint density at radius 1 is 1.24 bits per heavy atom. The maximum atomic E-state index is 12.5. The minimum absolute atomic E-state index is 0.198. The zero-order chi connectivity index (χ0) is 18.0. The van der Waals surface area contributed by atoms with Crippen LogP contribution >= 0.6 is 0 Å². The fourth-order valence-electron chi connectivity index (χ4n) is 3.02. The van der Waals surface area contributed by atoms with E-state index in [2.05, 4.69) is 20.6 Å². The van der Waals surface area contributed by atoms with E-state index in [-0.39, 0.29) is 19.0 Å². The van der Waals surface area contributed by atoms with Gasteiger partial charge < -0.3 is 15.6 Å². The van der Waals surface area contributed by atoms with Gasteiger partial charge in [-0.2, -0.15) is 0 Å². The average Bonchev–Trinajstić information content (AvgIpc) is 3.14. The molecule has 1 fully saturated rings. The highest BCUT2D eigenvalue weighted by Crippen LogP contribution is 2.24. The van der Waals surface area contributed by atoms with E-state index in [0.29, 0.717) is 18.7 Å². The number of benzene rings is 1. The van der Waals surface area contributed by atoms with Gasteiger partial charge in [0.2, 0.25) is 5.91 Å². The van der Waals surface area contributed by atoms with Gasteiger partial charge in [0.1, 0.15) is 17.9 Å². The van der Waals surface area contributed by atoms with Gasteiger partial charge in [-0.1, -0.05) is 26.0 Å². The van der Waals surface area contributed by atoms with Crippen LogP contribution in [-0.4, -0.2) is 44.8 Å². The molecule has 1 aromatic carbocycles. The van der Waals surface area contributed by atoms with Crippen LogP contribution in [0.4, 0.5) is 4.79 Å². The Bertz CT molecular complexity index is 792. The van der Waals surface area contributed by atoms with E-state index >= 15 is 0 Å². The highest BCUT2D eigenvalue weighted by Gasteiger charge is 2.49. The molecule has 3 rings (SSSR count). The van der Waals surface area contributed by atoms with Gasteiger partial charge in [0, 0.05) is 0 Å².